The molecule has 1 heterocycles. The molecule has 0 saturated carbocycles. The second kappa shape index (κ2) is 9.09. The number of rotatable bonds is 7. The van der Waals surface area contributed by atoms with Crippen LogP contribution in [0.4, 0.5) is 5.69 Å². The molecule has 1 fully saturated rings. The smallest absolute Gasteiger partial charge is 0.335 e. The fraction of sp³-hybridized carbons (Fsp3) is 0.650. The number of anilines is 1. The van der Waals surface area contributed by atoms with Crippen molar-refractivity contribution in [2.45, 2.75) is 83.9 Å². The lowest BCUT2D eigenvalue weighted by Gasteiger charge is -2.35. The Bertz CT molecular complexity index is 671. The first-order valence-electron chi connectivity index (χ1n) is 9.40. The lowest BCUT2D eigenvalue weighted by molar-refractivity contribution is -0.237. The van der Waals surface area contributed by atoms with E-state index in [1.807, 2.05) is 46.8 Å². The van der Waals surface area contributed by atoms with Gasteiger partial charge in [0.1, 0.15) is 11.9 Å². The Morgan fingerprint density at radius 2 is 1.96 bits per heavy atom. The van der Waals surface area contributed by atoms with Crippen LogP contribution in [-0.2, 0) is 20.9 Å². The summed E-state index contributed by atoms with van der Waals surface area (Å²) in [6.07, 6.45) is -5.16. The van der Waals surface area contributed by atoms with E-state index in [1.54, 1.807) is 6.07 Å². The Morgan fingerprint density at radius 1 is 1.29 bits per heavy atom. The number of hydrogen-bond donors (Lipinski definition) is 4. The maximum Gasteiger partial charge on any atom is 0.335 e. The molecule has 1 aromatic carbocycles. The molecular weight excluding hydrogens is 366 g/mol. The fourth-order valence-electron chi connectivity index (χ4n) is 2.80. The molecule has 158 valence electrons. The molecular formula is C20H31NO7. The summed E-state index contributed by atoms with van der Waals surface area (Å²) in [5.74, 6) is -0.893. The largest absolute Gasteiger partial charge is 0.479 e. The molecule has 0 amide bonds. The van der Waals surface area contributed by atoms with E-state index >= 15 is 0 Å². The Morgan fingerprint density at radius 3 is 2.54 bits per heavy atom. The molecule has 2 rings (SSSR count). The third kappa shape index (κ3) is 6.34. The molecule has 0 unspecified atom stereocenters. The van der Waals surface area contributed by atoms with E-state index in [9.17, 15) is 20.1 Å². The molecule has 4 atom stereocenters. The summed E-state index contributed by atoms with van der Waals surface area (Å²) >= 11 is 0. The monoisotopic (exact) mass is 397 g/mol. The summed E-state index contributed by atoms with van der Waals surface area (Å²) in [5, 5.41) is 32.5. The third-order valence-corrected chi connectivity index (χ3v) is 4.05. The molecule has 28 heavy (non-hydrogen) atoms. The van der Waals surface area contributed by atoms with Crippen LogP contribution >= 0.6 is 0 Å². The predicted octanol–water partition coefficient (Wildman–Crippen LogP) is 2.12. The Hall–Kier alpha value is -1.87. The van der Waals surface area contributed by atoms with Crippen LogP contribution in [0.25, 0.3) is 0 Å². The normalized spacial score (nSPS) is 25.6. The summed E-state index contributed by atoms with van der Waals surface area (Å²) in [6, 6.07) is 5.45. The molecule has 1 aromatic rings. The lowest BCUT2D eigenvalue weighted by Crippen LogP contribution is -2.52. The van der Waals surface area contributed by atoms with Crippen molar-refractivity contribution >= 4 is 11.7 Å². The van der Waals surface area contributed by atoms with Crippen molar-refractivity contribution in [3.8, 4) is 5.75 Å². The van der Waals surface area contributed by atoms with Gasteiger partial charge in [-0.2, -0.15) is 0 Å². The number of carboxylic acid groups (broad SMARTS) is 1. The van der Waals surface area contributed by atoms with Gasteiger partial charge in [0.15, 0.2) is 6.10 Å². The van der Waals surface area contributed by atoms with Gasteiger partial charge < -0.3 is 34.8 Å². The van der Waals surface area contributed by atoms with Crippen molar-refractivity contribution in [3.05, 3.63) is 23.8 Å². The zero-order valence-electron chi connectivity index (χ0n) is 17.0. The molecule has 1 aliphatic rings. The van der Waals surface area contributed by atoms with Crippen LogP contribution in [0.1, 0.15) is 46.6 Å². The average Bonchev–Trinajstić information content (AvgIpc) is 2.55. The first-order valence-corrected chi connectivity index (χ1v) is 9.40. The van der Waals surface area contributed by atoms with E-state index in [0.29, 0.717) is 18.0 Å². The van der Waals surface area contributed by atoms with E-state index in [4.69, 9.17) is 14.2 Å². The molecule has 4 N–H and O–H groups in total. The average molecular weight is 397 g/mol. The SMILES string of the molecule is CC(C)OCc1ccc(O[C@@H]2O[C@H](C(=O)O)[C@@H](O)C[C@H]2O)c(NC(C)(C)C)c1. The molecule has 0 radical (unpaired) electrons. The van der Waals surface area contributed by atoms with Crippen LogP contribution in [-0.4, -0.2) is 57.5 Å². The highest BCUT2D eigenvalue weighted by molar-refractivity contribution is 5.73. The van der Waals surface area contributed by atoms with E-state index in [0.717, 1.165) is 5.56 Å². The van der Waals surface area contributed by atoms with Gasteiger partial charge in [0, 0.05) is 12.0 Å². The lowest BCUT2D eigenvalue weighted by atomic mass is 10.0. The predicted molar refractivity (Wildman–Crippen MR) is 103 cm³/mol. The topological polar surface area (TPSA) is 117 Å². The molecule has 8 heteroatoms. The minimum atomic E-state index is -1.45. The molecule has 0 bridgehead atoms. The van der Waals surface area contributed by atoms with E-state index in [2.05, 4.69) is 5.32 Å². The Labute approximate surface area is 165 Å². The highest BCUT2D eigenvalue weighted by Crippen LogP contribution is 2.32. The number of aliphatic hydroxyl groups is 2. The number of nitrogens with one attached hydrogen (secondary N) is 1. The van der Waals surface area contributed by atoms with Crippen molar-refractivity contribution < 1.29 is 34.3 Å². The van der Waals surface area contributed by atoms with Crippen molar-refractivity contribution in [1.29, 1.82) is 0 Å². The van der Waals surface area contributed by atoms with Crippen molar-refractivity contribution in [2.75, 3.05) is 5.32 Å². The number of aliphatic hydroxyl groups excluding tert-OH is 2. The number of hydrogen-bond acceptors (Lipinski definition) is 7. The molecule has 1 saturated heterocycles. The number of ether oxygens (including phenoxy) is 3. The summed E-state index contributed by atoms with van der Waals surface area (Å²) in [4.78, 5) is 11.2. The molecule has 0 aromatic heterocycles. The number of aliphatic carboxylic acids is 1. The fourth-order valence-corrected chi connectivity index (χ4v) is 2.80. The van der Waals surface area contributed by atoms with Gasteiger partial charge >= 0.3 is 5.97 Å². The first kappa shape index (κ1) is 22.4. The third-order valence-electron chi connectivity index (χ3n) is 4.05. The number of benzene rings is 1. The van der Waals surface area contributed by atoms with Crippen molar-refractivity contribution in [3.63, 3.8) is 0 Å². The first-order chi connectivity index (χ1) is 13.0. The highest BCUT2D eigenvalue weighted by Gasteiger charge is 2.41. The summed E-state index contributed by atoms with van der Waals surface area (Å²) in [6.45, 7) is 10.3. The summed E-state index contributed by atoms with van der Waals surface area (Å²) in [7, 11) is 0. The van der Waals surface area contributed by atoms with Crippen LogP contribution in [0.2, 0.25) is 0 Å². The standard InChI is InChI=1S/C20H31NO7/c1-11(2)26-10-12-6-7-16(13(8-12)21-20(3,4)5)27-19-15(23)9-14(22)17(28-19)18(24)25/h6-8,11,14-15,17,19,21-23H,9-10H2,1-5H3,(H,24,25)/t14-,15+,17-,19+/m0/s1. The minimum absolute atomic E-state index is 0.0973. The maximum absolute atomic E-state index is 11.2. The molecule has 0 aliphatic carbocycles. The second-order valence-electron chi connectivity index (χ2n) is 8.32. The van der Waals surface area contributed by atoms with Crippen LogP contribution in [0, 0.1) is 0 Å². The number of carboxylic acids is 1. The van der Waals surface area contributed by atoms with Crippen LogP contribution < -0.4 is 10.1 Å². The molecule has 0 spiro atoms. The zero-order valence-corrected chi connectivity index (χ0v) is 17.0. The van der Waals surface area contributed by atoms with Gasteiger partial charge in [-0.05, 0) is 52.3 Å². The van der Waals surface area contributed by atoms with Crippen LogP contribution in [0.5, 0.6) is 5.75 Å². The number of carbonyl (C=O) groups is 1. The molecule has 8 nitrogen and oxygen atoms in total. The van der Waals surface area contributed by atoms with Gasteiger partial charge in [-0.15, -0.1) is 0 Å². The van der Waals surface area contributed by atoms with Gasteiger partial charge in [-0.25, -0.2) is 4.79 Å². The van der Waals surface area contributed by atoms with E-state index in [-0.39, 0.29) is 18.1 Å². The Balaban J connectivity index is 2.23. The summed E-state index contributed by atoms with van der Waals surface area (Å²) < 4.78 is 16.7. The van der Waals surface area contributed by atoms with E-state index < -0.39 is 30.6 Å². The van der Waals surface area contributed by atoms with Crippen LogP contribution in [0.3, 0.4) is 0 Å². The van der Waals surface area contributed by atoms with Crippen LogP contribution in [0.15, 0.2) is 18.2 Å². The van der Waals surface area contributed by atoms with Gasteiger partial charge in [0.05, 0.1) is 24.5 Å². The van der Waals surface area contributed by atoms with Gasteiger partial charge in [0.2, 0.25) is 6.29 Å². The second-order valence-corrected chi connectivity index (χ2v) is 8.32. The van der Waals surface area contributed by atoms with Gasteiger partial charge in [-0.3, -0.25) is 0 Å². The quantitative estimate of drug-likeness (QED) is 0.553. The van der Waals surface area contributed by atoms with Crippen molar-refractivity contribution in [2.24, 2.45) is 0 Å². The zero-order chi connectivity index (χ0) is 21.1. The van der Waals surface area contributed by atoms with Gasteiger partial charge in [-0.1, -0.05) is 6.07 Å². The van der Waals surface area contributed by atoms with Gasteiger partial charge in [0.25, 0.3) is 0 Å². The van der Waals surface area contributed by atoms with Crippen molar-refractivity contribution in [1.82, 2.24) is 0 Å². The summed E-state index contributed by atoms with van der Waals surface area (Å²) in [5.41, 5.74) is 1.35. The highest BCUT2D eigenvalue weighted by atomic mass is 16.7. The minimum Gasteiger partial charge on any atom is -0.479 e. The Kier molecular flexibility index (Phi) is 7.28. The van der Waals surface area contributed by atoms with E-state index in [1.165, 1.54) is 0 Å². The maximum atomic E-state index is 11.2. The molecule has 1 aliphatic heterocycles.